The summed E-state index contributed by atoms with van der Waals surface area (Å²) >= 11 is 0. The van der Waals surface area contributed by atoms with Crippen LogP contribution in [-0.2, 0) is 6.61 Å². The van der Waals surface area contributed by atoms with E-state index in [0.29, 0.717) is 48.2 Å². The van der Waals surface area contributed by atoms with Crippen LogP contribution in [-0.4, -0.2) is 41.0 Å². The monoisotopic (exact) mass is 466 g/mol. The minimum Gasteiger partial charge on any atom is -0.493 e. The molecule has 4 aromatic rings. The number of aromatic nitrogens is 2. The topological polar surface area (TPSA) is 91.2 Å². The van der Waals surface area contributed by atoms with E-state index in [1.165, 1.54) is 0 Å². The molecular formula is C28H26N4O3. The number of para-hydroxylation sites is 2. The molecule has 7 nitrogen and oxygen atoms in total. The summed E-state index contributed by atoms with van der Waals surface area (Å²) in [6.07, 6.45) is 1.74. The smallest absolute Gasteiger partial charge is 0.253 e. The molecule has 0 saturated carbocycles. The van der Waals surface area contributed by atoms with E-state index in [1.807, 2.05) is 41.3 Å². The van der Waals surface area contributed by atoms with Crippen molar-refractivity contribution in [1.82, 2.24) is 14.9 Å². The van der Waals surface area contributed by atoms with Gasteiger partial charge in [0.2, 0.25) is 0 Å². The third kappa shape index (κ3) is 4.82. The maximum atomic E-state index is 13.2. The first-order valence-corrected chi connectivity index (χ1v) is 11.7. The van der Waals surface area contributed by atoms with Gasteiger partial charge in [-0.15, -0.1) is 0 Å². The predicted octanol–water partition coefficient (Wildman–Crippen LogP) is 5.04. The Morgan fingerprint density at radius 1 is 1.09 bits per heavy atom. The van der Waals surface area contributed by atoms with Gasteiger partial charge in [0.25, 0.3) is 5.91 Å². The normalized spacial score (nSPS) is 14.0. The molecule has 3 aromatic carbocycles. The van der Waals surface area contributed by atoms with Crippen LogP contribution in [0.2, 0.25) is 0 Å². The van der Waals surface area contributed by atoms with E-state index < -0.39 is 0 Å². The number of carbonyl (C=O) groups excluding carboxylic acids is 1. The van der Waals surface area contributed by atoms with E-state index in [1.54, 1.807) is 37.4 Å². The molecule has 0 bridgehead atoms. The molecule has 176 valence electrons. The first kappa shape index (κ1) is 22.5. The molecule has 1 N–H and O–H groups in total. The fourth-order valence-electron chi connectivity index (χ4n) is 4.46. The number of nitrogens with one attached hydrogen (secondary N) is 1. The van der Waals surface area contributed by atoms with E-state index in [0.717, 1.165) is 35.3 Å². The largest absolute Gasteiger partial charge is 0.493 e. The second kappa shape index (κ2) is 9.90. The van der Waals surface area contributed by atoms with E-state index in [2.05, 4.69) is 11.1 Å². The van der Waals surface area contributed by atoms with Gasteiger partial charge in [0, 0.05) is 24.6 Å². The van der Waals surface area contributed by atoms with Crippen molar-refractivity contribution in [2.45, 2.75) is 25.4 Å². The number of rotatable bonds is 6. The highest BCUT2D eigenvalue weighted by Gasteiger charge is 2.27. The number of benzene rings is 3. The van der Waals surface area contributed by atoms with Crippen molar-refractivity contribution >= 4 is 16.9 Å². The molecule has 1 saturated heterocycles. The van der Waals surface area contributed by atoms with Crippen LogP contribution in [0.3, 0.4) is 0 Å². The molecular weight excluding hydrogens is 440 g/mol. The van der Waals surface area contributed by atoms with Crippen molar-refractivity contribution in [3.63, 3.8) is 0 Å². The number of ether oxygens (including phenoxy) is 2. The lowest BCUT2D eigenvalue weighted by atomic mass is 9.95. The number of H-pyrrole nitrogens is 1. The maximum absolute atomic E-state index is 13.2. The van der Waals surface area contributed by atoms with Crippen LogP contribution in [0.25, 0.3) is 11.0 Å². The first-order valence-electron chi connectivity index (χ1n) is 11.7. The van der Waals surface area contributed by atoms with Crippen LogP contribution in [0.5, 0.6) is 11.5 Å². The Hall–Kier alpha value is -4.31. The van der Waals surface area contributed by atoms with Gasteiger partial charge in [-0.3, -0.25) is 4.79 Å². The van der Waals surface area contributed by atoms with Gasteiger partial charge in [0.1, 0.15) is 12.4 Å². The Bertz CT molecular complexity index is 1350. The zero-order valence-corrected chi connectivity index (χ0v) is 19.5. The lowest BCUT2D eigenvalue weighted by Gasteiger charge is -2.31. The standard InChI is InChI=1S/C28H26N4O3/c1-34-26-16-22(10-11-25(26)35-18-20-8-6-19(17-29)7-9-20)28(33)32-14-12-21(13-15-32)27-30-23-4-2-3-5-24(23)31-27/h2-11,16,21H,12-15,18H2,1H3,(H,30,31). The number of nitrogens with zero attached hydrogens (tertiary/aromatic N) is 3. The zero-order valence-electron chi connectivity index (χ0n) is 19.5. The van der Waals surface area contributed by atoms with E-state index in [4.69, 9.17) is 19.7 Å². The van der Waals surface area contributed by atoms with Crippen LogP contribution in [0, 0.1) is 11.3 Å². The lowest BCUT2D eigenvalue weighted by Crippen LogP contribution is -2.38. The Morgan fingerprint density at radius 3 is 2.57 bits per heavy atom. The van der Waals surface area contributed by atoms with Crippen molar-refractivity contribution in [3.05, 3.63) is 89.2 Å². The van der Waals surface area contributed by atoms with Gasteiger partial charge in [-0.1, -0.05) is 24.3 Å². The summed E-state index contributed by atoms with van der Waals surface area (Å²) in [6.45, 7) is 1.70. The Labute approximate surface area is 203 Å². The van der Waals surface area contributed by atoms with Crippen molar-refractivity contribution in [1.29, 1.82) is 5.26 Å². The number of methoxy groups -OCH3 is 1. The summed E-state index contributed by atoms with van der Waals surface area (Å²) in [5, 5.41) is 8.93. The van der Waals surface area contributed by atoms with Gasteiger partial charge in [-0.25, -0.2) is 4.98 Å². The van der Waals surface area contributed by atoms with Crippen LogP contribution < -0.4 is 9.47 Å². The number of fused-ring (bicyclic) bond motifs is 1. The molecule has 5 rings (SSSR count). The van der Waals surface area contributed by atoms with Crippen LogP contribution in [0.4, 0.5) is 0 Å². The third-order valence-electron chi connectivity index (χ3n) is 6.46. The molecule has 0 atom stereocenters. The molecule has 2 heterocycles. The minimum atomic E-state index is -0.00926. The number of aromatic amines is 1. The summed E-state index contributed by atoms with van der Waals surface area (Å²) < 4.78 is 11.4. The lowest BCUT2D eigenvalue weighted by molar-refractivity contribution is 0.0711. The van der Waals surface area contributed by atoms with Crippen molar-refractivity contribution in [3.8, 4) is 17.6 Å². The fourth-order valence-corrected chi connectivity index (χ4v) is 4.46. The van der Waals surface area contributed by atoms with Gasteiger partial charge in [0.15, 0.2) is 11.5 Å². The van der Waals surface area contributed by atoms with Gasteiger partial charge < -0.3 is 19.4 Å². The molecule has 7 heteroatoms. The second-order valence-electron chi connectivity index (χ2n) is 8.67. The zero-order chi connectivity index (χ0) is 24.2. The highest BCUT2D eigenvalue weighted by Crippen LogP contribution is 2.31. The molecule has 0 aliphatic carbocycles. The summed E-state index contributed by atoms with van der Waals surface area (Å²) in [7, 11) is 1.57. The number of likely N-dealkylation sites (tertiary alicyclic amines) is 1. The molecule has 35 heavy (non-hydrogen) atoms. The number of imidazole rings is 1. The second-order valence-corrected chi connectivity index (χ2v) is 8.67. The van der Waals surface area contributed by atoms with Gasteiger partial charge in [-0.05, 0) is 60.9 Å². The first-order chi connectivity index (χ1) is 17.1. The van der Waals surface area contributed by atoms with Crippen LogP contribution in [0.15, 0.2) is 66.7 Å². The molecule has 1 fully saturated rings. The molecule has 1 amide bonds. The van der Waals surface area contributed by atoms with Gasteiger partial charge in [0.05, 0.1) is 29.8 Å². The van der Waals surface area contributed by atoms with Crippen molar-refractivity contribution < 1.29 is 14.3 Å². The number of carbonyl (C=O) groups is 1. The predicted molar refractivity (Wildman–Crippen MR) is 132 cm³/mol. The molecule has 0 spiro atoms. The molecule has 1 aromatic heterocycles. The molecule has 0 radical (unpaired) electrons. The average molecular weight is 467 g/mol. The maximum Gasteiger partial charge on any atom is 0.253 e. The van der Waals surface area contributed by atoms with Gasteiger partial charge >= 0.3 is 0 Å². The summed E-state index contributed by atoms with van der Waals surface area (Å²) in [4.78, 5) is 23.3. The minimum absolute atomic E-state index is 0.00926. The van der Waals surface area contributed by atoms with Crippen molar-refractivity contribution in [2.75, 3.05) is 20.2 Å². The van der Waals surface area contributed by atoms with Crippen LogP contribution in [0.1, 0.15) is 46.1 Å². The average Bonchev–Trinajstić information content (AvgIpc) is 3.36. The molecule has 1 aliphatic heterocycles. The SMILES string of the molecule is COc1cc(C(=O)N2CCC(c3nc4ccccc4[nH]3)CC2)ccc1OCc1ccc(C#N)cc1. The highest BCUT2D eigenvalue weighted by molar-refractivity contribution is 5.95. The van der Waals surface area contributed by atoms with Crippen LogP contribution >= 0.6 is 0 Å². The number of hydrogen-bond donors (Lipinski definition) is 1. The van der Waals surface area contributed by atoms with Crippen molar-refractivity contribution in [2.24, 2.45) is 0 Å². The van der Waals surface area contributed by atoms with E-state index in [9.17, 15) is 4.79 Å². The van der Waals surface area contributed by atoms with E-state index in [-0.39, 0.29) is 5.91 Å². The summed E-state index contributed by atoms with van der Waals surface area (Å²) in [5.74, 6) is 2.39. The quantitative estimate of drug-likeness (QED) is 0.430. The highest BCUT2D eigenvalue weighted by atomic mass is 16.5. The summed E-state index contributed by atoms with van der Waals surface area (Å²) in [6, 6.07) is 22.7. The Balaban J connectivity index is 1.21. The van der Waals surface area contributed by atoms with E-state index >= 15 is 0 Å². The Morgan fingerprint density at radius 2 is 1.86 bits per heavy atom. The number of amides is 1. The third-order valence-corrected chi connectivity index (χ3v) is 6.46. The number of hydrogen-bond acceptors (Lipinski definition) is 5. The summed E-state index contributed by atoms with van der Waals surface area (Å²) in [5.41, 5.74) is 4.16. The fraction of sp³-hybridized carbons (Fsp3) is 0.250. The number of nitriles is 1. The Kier molecular flexibility index (Phi) is 6.36. The van der Waals surface area contributed by atoms with Gasteiger partial charge in [-0.2, -0.15) is 5.26 Å². The molecule has 1 aliphatic rings. The molecule has 0 unspecified atom stereocenters. The number of piperidine rings is 1.